The average Bonchev–Trinajstić information content (AvgIpc) is 2.81. The van der Waals surface area contributed by atoms with Crippen molar-refractivity contribution in [2.24, 2.45) is 11.7 Å². The van der Waals surface area contributed by atoms with E-state index in [0.717, 1.165) is 25.7 Å². The van der Waals surface area contributed by atoms with Crippen LogP contribution in [0.2, 0.25) is 0 Å². The summed E-state index contributed by atoms with van der Waals surface area (Å²) >= 11 is 0. The average molecular weight is 248 g/mol. The Balaban J connectivity index is 1.93. The first-order chi connectivity index (χ1) is 8.56. The zero-order valence-electron chi connectivity index (χ0n) is 10.7. The zero-order valence-corrected chi connectivity index (χ0v) is 10.7. The third-order valence-electron chi connectivity index (χ3n) is 3.76. The molecule has 1 aromatic heterocycles. The van der Waals surface area contributed by atoms with Crippen molar-refractivity contribution in [3.8, 4) is 0 Å². The summed E-state index contributed by atoms with van der Waals surface area (Å²) in [5, 5.41) is 0. The van der Waals surface area contributed by atoms with Crippen molar-refractivity contribution in [3.63, 3.8) is 0 Å². The highest BCUT2D eigenvalue weighted by atomic mass is 16.1. The second-order valence-electron chi connectivity index (χ2n) is 5.27. The Hall–Kier alpha value is -1.42. The molecule has 0 atom stereocenters. The van der Waals surface area contributed by atoms with Crippen molar-refractivity contribution in [1.29, 1.82) is 0 Å². The number of ketones is 2. The molecule has 1 aliphatic carbocycles. The van der Waals surface area contributed by atoms with E-state index < -0.39 is 0 Å². The summed E-state index contributed by atoms with van der Waals surface area (Å²) in [5.41, 5.74) is 6.97. The second kappa shape index (κ2) is 5.48. The van der Waals surface area contributed by atoms with Gasteiger partial charge in [0, 0.05) is 24.2 Å². The Kier molecular flexibility index (Phi) is 3.97. The molecule has 4 heteroatoms. The maximum atomic E-state index is 12.1. The van der Waals surface area contributed by atoms with Crippen molar-refractivity contribution >= 4 is 11.6 Å². The van der Waals surface area contributed by atoms with Crippen molar-refractivity contribution in [3.05, 3.63) is 23.5 Å². The van der Waals surface area contributed by atoms with Crippen LogP contribution in [0, 0.1) is 5.92 Å². The third kappa shape index (κ3) is 3.07. The van der Waals surface area contributed by atoms with Crippen LogP contribution in [-0.4, -0.2) is 22.6 Å². The predicted octanol–water partition coefficient (Wildman–Crippen LogP) is 2.31. The Morgan fingerprint density at radius 3 is 2.56 bits per heavy atom. The second-order valence-corrected chi connectivity index (χ2v) is 5.27. The number of hydrogen-bond donors (Lipinski definition) is 2. The number of nitrogens with two attached hydrogens (primary N) is 1. The number of carbonyl (C=O) groups is 2. The molecule has 0 aliphatic heterocycles. The standard InChI is InChI=1S/C14H20N2O2/c1-9(17)11-7-13(16-8-11)14(18)6-10-2-4-12(15)5-3-10/h7-8,10,12,16H,2-6,15H2,1H3. The van der Waals surface area contributed by atoms with Gasteiger partial charge in [0.05, 0.1) is 5.69 Å². The van der Waals surface area contributed by atoms with Crippen LogP contribution in [0.15, 0.2) is 12.3 Å². The van der Waals surface area contributed by atoms with E-state index in [2.05, 4.69) is 4.98 Å². The van der Waals surface area contributed by atoms with Crippen LogP contribution in [0.4, 0.5) is 0 Å². The molecule has 1 fully saturated rings. The molecule has 1 saturated carbocycles. The Morgan fingerprint density at radius 1 is 1.33 bits per heavy atom. The highest BCUT2D eigenvalue weighted by Gasteiger charge is 2.22. The summed E-state index contributed by atoms with van der Waals surface area (Å²) in [5.74, 6) is 0.526. The van der Waals surface area contributed by atoms with Crippen molar-refractivity contribution in [2.75, 3.05) is 0 Å². The van der Waals surface area contributed by atoms with Crippen LogP contribution in [0.25, 0.3) is 0 Å². The van der Waals surface area contributed by atoms with Gasteiger partial charge in [-0.1, -0.05) is 0 Å². The smallest absolute Gasteiger partial charge is 0.179 e. The van der Waals surface area contributed by atoms with Gasteiger partial charge < -0.3 is 10.7 Å². The largest absolute Gasteiger partial charge is 0.358 e. The Bertz CT molecular complexity index is 442. The first kappa shape index (κ1) is 13.0. The van der Waals surface area contributed by atoms with Gasteiger partial charge in [0.15, 0.2) is 11.6 Å². The monoisotopic (exact) mass is 248 g/mol. The van der Waals surface area contributed by atoms with Gasteiger partial charge in [0.1, 0.15) is 0 Å². The predicted molar refractivity (Wildman–Crippen MR) is 69.7 cm³/mol. The summed E-state index contributed by atoms with van der Waals surface area (Å²) in [4.78, 5) is 26.1. The highest BCUT2D eigenvalue weighted by Crippen LogP contribution is 2.27. The Labute approximate surface area is 107 Å². The minimum Gasteiger partial charge on any atom is -0.358 e. The molecule has 0 radical (unpaired) electrons. The van der Waals surface area contributed by atoms with E-state index in [9.17, 15) is 9.59 Å². The van der Waals surface area contributed by atoms with Crippen LogP contribution in [0.3, 0.4) is 0 Å². The fourth-order valence-corrected chi connectivity index (χ4v) is 2.52. The van der Waals surface area contributed by atoms with Gasteiger partial charge in [0.25, 0.3) is 0 Å². The lowest BCUT2D eigenvalue weighted by atomic mass is 9.83. The molecular weight excluding hydrogens is 228 g/mol. The van der Waals surface area contributed by atoms with E-state index in [1.54, 1.807) is 12.3 Å². The summed E-state index contributed by atoms with van der Waals surface area (Å²) in [6.45, 7) is 1.50. The molecular formula is C14H20N2O2. The third-order valence-corrected chi connectivity index (χ3v) is 3.76. The summed E-state index contributed by atoms with van der Waals surface area (Å²) in [6.07, 6.45) is 6.26. The topological polar surface area (TPSA) is 76.0 Å². The summed E-state index contributed by atoms with van der Waals surface area (Å²) in [6, 6.07) is 1.96. The molecule has 0 spiro atoms. The number of rotatable bonds is 4. The molecule has 0 amide bonds. The molecule has 98 valence electrons. The van der Waals surface area contributed by atoms with Gasteiger partial charge in [-0.25, -0.2) is 0 Å². The Morgan fingerprint density at radius 2 is 2.00 bits per heavy atom. The van der Waals surface area contributed by atoms with E-state index in [1.165, 1.54) is 6.92 Å². The molecule has 4 nitrogen and oxygen atoms in total. The van der Waals surface area contributed by atoms with Gasteiger partial charge in [-0.15, -0.1) is 0 Å². The van der Waals surface area contributed by atoms with Crippen molar-refractivity contribution < 1.29 is 9.59 Å². The molecule has 0 saturated heterocycles. The minimum atomic E-state index is -0.0195. The quantitative estimate of drug-likeness (QED) is 0.803. The molecule has 3 N–H and O–H groups in total. The van der Waals surface area contributed by atoms with Gasteiger partial charge in [-0.3, -0.25) is 9.59 Å². The molecule has 0 unspecified atom stereocenters. The van der Waals surface area contributed by atoms with Gasteiger partial charge in [-0.05, 0) is 44.6 Å². The summed E-state index contributed by atoms with van der Waals surface area (Å²) < 4.78 is 0. The fourth-order valence-electron chi connectivity index (χ4n) is 2.52. The number of nitrogens with one attached hydrogen (secondary N) is 1. The molecule has 2 rings (SSSR count). The van der Waals surface area contributed by atoms with Crippen LogP contribution in [-0.2, 0) is 0 Å². The molecule has 1 aromatic rings. The molecule has 0 aromatic carbocycles. The van der Waals surface area contributed by atoms with Crippen molar-refractivity contribution in [1.82, 2.24) is 4.98 Å². The van der Waals surface area contributed by atoms with E-state index in [1.807, 2.05) is 0 Å². The highest BCUT2D eigenvalue weighted by molar-refractivity contribution is 5.99. The maximum absolute atomic E-state index is 12.1. The first-order valence-electron chi connectivity index (χ1n) is 6.54. The number of aromatic nitrogens is 1. The molecule has 0 bridgehead atoms. The van der Waals surface area contributed by atoms with Crippen LogP contribution < -0.4 is 5.73 Å². The number of hydrogen-bond acceptors (Lipinski definition) is 3. The number of Topliss-reactive ketones (excluding diaryl/α,β-unsaturated/α-hetero) is 2. The number of aromatic amines is 1. The van der Waals surface area contributed by atoms with Crippen LogP contribution >= 0.6 is 0 Å². The first-order valence-corrected chi connectivity index (χ1v) is 6.54. The van der Waals surface area contributed by atoms with Gasteiger partial charge in [0.2, 0.25) is 0 Å². The lowest BCUT2D eigenvalue weighted by Crippen LogP contribution is -2.27. The van der Waals surface area contributed by atoms with E-state index in [0.29, 0.717) is 29.6 Å². The molecule has 1 heterocycles. The van der Waals surface area contributed by atoms with E-state index >= 15 is 0 Å². The number of carbonyl (C=O) groups excluding carboxylic acids is 2. The van der Waals surface area contributed by atoms with Crippen LogP contribution in [0.5, 0.6) is 0 Å². The lowest BCUT2D eigenvalue weighted by molar-refractivity contribution is 0.0943. The maximum Gasteiger partial charge on any atom is 0.179 e. The minimum absolute atomic E-state index is 0.0195. The fraction of sp³-hybridized carbons (Fsp3) is 0.571. The van der Waals surface area contributed by atoms with E-state index in [4.69, 9.17) is 5.73 Å². The van der Waals surface area contributed by atoms with Crippen molar-refractivity contribution in [2.45, 2.75) is 45.1 Å². The van der Waals surface area contributed by atoms with E-state index in [-0.39, 0.29) is 11.6 Å². The zero-order chi connectivity index (χ0) is 13.1. The molecule has 1 aliphatic rings. The van der Waals surface area contributed by atoms with Gasteiger partial charge in [-0.2, -0.15) is 0 Å². The normalized spacial score (nSPS) is 23.9. The lowest BCUT2D eigenvalue weighted by Gasteiger charge is -2.25. The molecule has 18 heavy (non-hydrogen) atoms. The van der Waals surface area contributed by atoms with Gasteiger partial charge >= 0.3 is 0 Å². The van der Waals surface area contributed by atoms with Crippen LogP contribution in [0.1, 0.15) is 59.9 Å². The number of H-pyrrole nitrogens is 1. The summed E-state index contributed by atoms with van der Waals surface area (Å²) in [7, 11) is 0. The SMILES string of the molecule is CC(=O)c1c[nH]c(C(=O)CC2CCC(N)CC2)c1.